The number of nitrogens with zero attached hydrogens (tertiary/aromatic N) is 1. The molecule has 1 amide bonds. The number of methoxy groups -OCH3 is 1. The number of esters is 1. The largest absolute Gasteiger partial charge is 0.465 e. The van der Waals surface area contributed by atoms with E-state index >= 15 is 0 Å². The van der Waals surface area contributed by atoms with Crippen LogP contribution in [-0.2, 0) is 10.9 Å². The van der Waals surface area contributed by atoms with Gasteiger partial charge in [0, 0.05) is 5.69 Å². The molecule has 0 bridgehead atoms. The first-order valence-corrected chi connectivity index (χ1v) is 7.08. The molecule has 0 aliphatic rings. The Labute approximate surface area is 133 Å². The summed E-state index contributed by atoms with van der Waals surface area (Å²) in [5.41, 5.74) is 0.633. The summed E-state index contributed by atoms with van der Waals surface area (Å²) in [5, 5.41) is 1.39. The predicted octanol–water partition coefficient (Wildman–Crippen LogP) is 3.51. The lowest BCUT2D eigenvalue weighted by Crippen LogP contribution is -2.11. The van der Waals surface area contributed by atoms with Crippen LogP contribution in [0.2, 0.25) is 0 Å². The fourth-order valence-electron chi connectivity index (χ4n) is 1.72. The molecule has 23 heavy (non-hydrogen) atoms. The number of nitrogens with one attached hydrogen (secondary N) is 1. The van der Waals surface area contributed by atoms with Gasteiger partial charge in [-0.05, 0) is 31.2 Å². The molecule has 1 N–H and O–H groups in total. The Morgan fingerprint density at radius 1 is 1.22 bits per heavy atom. The molecular weight excluding hydrogens is 333 g/mol. The van der Waals surface area contributed by atoms with Crippen LogP contribution in [0.5, 0.6) is 0 Å². The number of rotatable bonds is 3. The van der Waals surface area contributed by atoms with E-state index in [1.165, 1.54) is 38.3 Å². The molecule has 0 saturated carbocycles. The molecule has 0 saturated heterocycles. The number of ether oxygens (including phenoxy) is 1. The van der Waals surface area contributed by atoms with E-state index in [4.69, 9.17) is 0 Å². The normalized spacial score (nSPS) is 11.2. The fourth-order valence-corrected chi connectivity index (χ4v) is 2.55. The molecular formula is C14H11F3N2O3S. The molecule has 1 aromatic carbocycles. The maximum absolute atomic E-state index is 12.6. The lowest BCUT2D eigenvalue weighted by molar-refractivity contribution is -0.137. The van der Waals surface area contributed by atoms with Gasteiger partial charge in [0.05, 0.1) is 18.4 Å². The van der Waals surface area contributed by atoms with E-state index in [2.05, 4.69) is 15.0 Å². The molecule has 5 nitrogen and oxygen atoms in total. The summed E-state index contributed by atoms with van der Waals surface area (Å²) < 4.78 is 42.3. The van der Waals surface area contributed by atoms with Gasteiger partial charge in [0.25, 0.3) is 5.91 Å². The van der Waals surface area contributed by atoms with Crippen molar-refractivity contribution >= 4 is 28.9 Å². The fraction of sp³-hybridized carbons (Fsp3) is 0.214. The van der Waals surface area contributed by atoms with Crippen LogP contribution >= 0.6 is 11.3 Å². The monoisotopic (exact) mass is 344 g/mol. The van der Waals surface area contributed by atoms with Crippen LogP contribution in [0.15, 0.2) is 24.3 Å². The lowest BCUT2D eigenvalue weighted by Gasteiger charge is -2.05. The second-order valence-electron chi connectivity index (χ2n) is 4.45. The number of carbonyl (C=O) groups excluding carboxylic acids is 2. The molecule has 1 heterocycles. The summed E-state index contributed by atoms with van der Waals surface area (Å²) in [6, 6.07) is 5.76. The predicted molar refractivity (Wildman–Crippen MR) is 77.6 cm³/mol. The summed E-state index contributed by atoms with van der Waals surface area (Å²) in [4.78, 5) is 26.6. The van der Waals surface area contributed by atoms with Crippen LogP contribution in [0, 0.1) is 6.92 Å². The number of aromatic nitrogens is 1. The van der Waals surface area contributed by atoms with Gasteiger partial charge in [-0.25, -0.2) is 9.78 Å². The molecule has 122 valence electrons. The zero-order valence-electron chi connectivity index (χ0n) is 12.0. The zero-order chi connectivity index (χ0) is 17.2. The van der Waals surface area contributed by atoms with Crippen molar-refractivity contribution in [2.45, 2.75) is 13.1 Å². The van der Waals surface area contributed by atoms with Gasteiger partial charge in [0.2, 0.25) is 0 Å². The molecule has 0 unspecified atom stereocenters. The number of amides is 1. The molecule has 2 aromatic rings. The van der Waals surface area contributed by atoms with Crippen LogP contribution in [0.1, 0.15) is 30.7 Å². The van der Waals surface area contributed by atoms with Crippen LogP contribution in [0.25, 0.3) is 0 Å². The Bertz CT molecular complexity index is 739. The third kappa shape index (κ3) is 3.86. The Hall–Kier alpha value is -2.42. The summed E-state index contributed by atoms with van der Waals surface area (Å²) in [5.74, 6) is -1.22. The van der Waals surface area contributed by atoms with Gasteiger partial charge in [0.15, 0.2) is 5.01 Å². The van der Waals surface area contributed by atoms with E-state index in [-0.39, 0.29) is 21.9 Å². The number of benzene rings is 1. The first kappa shape index (κ1) is 16.9. The second kappa shape index (κ2) is 6.37. The summed E-state index contributed by atoms with van der Waals surface area (Å²) >= 11 is 0.283. The van der Waals surface area contributed by atoms with Crippen molar-refractivity contribution in [3.8, 4) is 0 Å². The van der Waals surface area contributed by atoms with Crippen molar-refractivity contribution in [3.63, 3.8) is 0 Å². The quantitative estimate of drug-likeness (QED) is 0.865. The maximum atomic E-state index is 12.6. The van der Waals surface area contributed by atoms with Crippen molar-refractivity contribution in [2.75, 3.05) is 12.4 Å². The van der Waals surface area contributed by atoms with Crippen LogP contribution in [-0.4, -0.2) is 24.0 Å². The van der Waals surface area contributed by atoms with Crippen molar-refractivity contribution in [3.05, 3.63) is 45.4 Å². The summed E-state index contributed by atoms with van der Waals surface area (Å²) in [6.45, 7) is 1.33. The third-order valence-corrected chi connectivity index (χ3v) is 4.01. The number of hydrogen-bond donors (Lipinski definition) is 1. The molecule has 9 heteroatoms. The molecule has 0 aliphatic carbocycles. The molecule has 0 atom stereocenters. The molecule has 0 radical (unpaired) electrons. The molecule has 0 aliphatic heterocycles. The van der Waals surface area contributed by atoms with E-state index in [1.807, 2.05) is 0 Å². The Balaban J connectivity index is 2.16. The van der Waals surface area contributed by atoms with E-state index in [9.17, 15) is 22.8 Å². The topological polar surface area (TPSA) is 68.3 Å². The SMILES string of the molecule is COC(=O)c1ccc(NC(=O)c2sc(C(F)(F)F)nc2C)cc1. The minimum atomic E-state index is -4.59. The molecule has 2 rings (SSSR count). The average molecular weight is 344 g/mol. The Morgan fingerprint density at radius 3 is 2.30 bits per heavy atom. The van der Waals surface area contributed by atoms with Crippen molar-refractivity contribution < 1.29 is 27.5 Å². The minimum Gasteiger partial charge on any atom is -0.465 e. The highest BCUT2D eigenvalue weighted by Crippen LogP contribution is 2.34. The van der Waals surface area contributed by atoms with Gasteiger partial charge < -0.3 is 10.1 Å². The number of aryl methyl sites for hydroxylation is 1. The summed E-state index contributed by atoms with van der Waals surface area (Å²) in [6.07, 6.45) is -4.59. The Kier molecular flexibility index (Phi) is 4.69. The van der Waals surface area contributed by atoms with Gasteiger partial charge in [-0.15, -0.1) is 11.3 Å². The van der Waals surface area contributed by atoms with Crippen molar-refractivity contribution in [2.24, 2.45) is 0 Å². The van der Waals surface area contributed by atoms with Gasteiger partial charge in [-0.1, -0.05) is 0 Å². The van der Waals surface area contributed by atoms with Crippen molar-refractivity contribution in [1.82, 2.24) is 4.98 Å². The zero-order valence-corrected chi connectivity index (χ0v) is 12.8. The Morgan fingerprint density at radius 2 is 1.83 bits per heavy atom. The van der Waals surface area contributed by atoms with Gasteiger partial charge in [0.1, 0.15) is 4.88 Å². The molecule has 0 fully saturated rings. The summed E-state index contributed by atoms with van der Waals surface area (Å²) in [7, 11) is 1.24. The van der Waals surface area contributed by atoms with Gasteiger partial charge in [-0.2, -0.15) is 13.2 Å². The van der Waals surface area contributed by atoms with E-state index in [0.717, 1.165) is 0 Å². The minimum absolute atomic E-state index is 0.00556. The first-order valence-electron chi connectivity index (χ1n) is 6.26. The first-order chi connectivity index (χ1) is 10.7. The second-order valence-corrected chi connectivity index (χ2v) is 5.45. The van der Waals surface area contributed by atoms with E-state index < -0.39 is 23.1 Å². The van der Waals surface area contributed by atoms with Crippen LogP contribution in [0.4, 0.5) is 18.9 Å². The number of anilines is 1. The standard InChI is InChI=1S/C14H11F3N2O3S/c1-7-10(23-13(18-7)14(15,16)17)11(20)19-9-5-3-8(4-6-9)12(21)22-2/h3-6H,1-2H3,(H,19,20). The van der Waals surface area contributed by atoms with Gasteiger partial charge >= 0.3 is 12.1 Å². The van der Waals surface area contributed by atoms with E-state index in [0.29, 0.717) is 11.3 Å². The van der Waals surface area contributed by atoms with E-state index in [1.54, 1.807) is 0 Å². The highest BCUT2D eigenvalue weighted by Gasteiger charge is 2.36. The number of hydrogen-bond acceptors (Lipinski definition) is 5. The average Bonchev–Trinajstić information content (AvgIpc) is 2.89. The highest BCUT2D eigenvalue weighted by atomic mass is 32.1. The van der Waals surface area contributed by atoms with Crippen molar-refractivity contribution in [1.29, 1.82) is 0 Å². The smallest absolute Gasteiger partial charge is 0.443 e. The van der Waals surface area contributed by atoms with Crippen LogP contribution in [0.3, 0.4) is 0 Å². The number of alkyl halides is 3. The third-order valence-electron chi connectivity index (χ3n) is 2.81. The molecule has 1 aromatic heterocycles. The lowest BCUT2D eigenvalue weighted by atomic mass is 10.2. The number of halogens is 3. The van der Waals surface area contributed by atoms with Gasteiger partial charge in [-0.3, -0.25) is 4.79 Å². The number of carbonyl (C=O) groups is 2. The number of thiazole rings is 1. The maximum Gasteiger partial charge on any atom is 0.443 e. The van der Waals surface area contributed by atoms with Crippen LogP contribution < -0.4 is 5.32 Å². The molecule has 0 spiro atoms. The highest BCUT2D eigenvalue weighted by molar-refractivity contribution is 7.14.